The zero-order valence-corrected chi connectivity index (χ0v) is 11.8. The Bertz CT molecular complexity index is 484. The fraction of sp³-hybridized carbons (Fsp3) is 0.500. The highest BCUT2D eigenvalue weighted by atomic mass is 16.5. The molecule has 2 rings (SSSR count). The van der Waals surface area contributed by atoms with E-state index in [1.165, 1.54) is 6.42 Å². The number of methoxy groups -OCH3 is 1. The second-order valence-corrected chi connectivity index (χ2v) is 5.10. The van der Waals surface area contributed by atoms with Gasteiger partial charge in [-0.25, -0.2) is 0 Å². The third-order valence-electron chi connectivity index (χ3n) is 3.76. The highest BCUT2D eigenvalue weighted by Crippen LogP contribution is 2.23. The van der Waals surface area contributed by atoms with Crippen LogP contribution in [0.25, 0.3) is 0 Å². The molecule has 1 amide bonds. The number of hydrogen-bond acceptors (Lipinski definition) is 3. The molecule has 0 N–H and O–H groups in total. The molecule has 0 saturated carbocycles. The minimum absolute atomic E-state index is 0.0899. The van der Waals surface area contributed by atoms with Gasteiger partial charge in [0.1, 0.15) is 5.75 Å². The smallest absolute Gasteiger partial charge is 0.224 e. The number of carbonyl (C=O) groups excluding carboxylic acids is 1. The lowest BCUT2D eigenvalue weighted by Gasteiger charge is -2.27. The second-order valence-electron chi connectivity index (χ2n) is 5.10. The quantitative estimate of drug-likeness (QED) is 0.846. The van der Waals surface area contributed by atoms with Gasteiger partial charge in [0.15, 0.2) is 0 Å². The third-order valence-corrected chi connectivity index (χ3v) is 3.76. The first-order valence-electron chi connectivity index (χ1n) is 7.06. The van der Waals surface area contributed by atoms with Crippen molar-refractivity contribution in [2.24, 2.45) is 0 Å². The number of nitriles is 1. The number of carbonyl (C=O) groups is 1. The van der Waals surface area contributed by atoms with E-state index in [0.29, 0.717) is 0 Å². The summed E-state index contributed by atoms with van der Waals surface area (Å²) in [5, 5.41) is 9.30. The Kier molecular flexibility index (Phi) is 5.00. The Morgan fingerprint density at radius 3 is 2.50 bits per heavy atom. The first kappa shape index (κ1) is 14.4. The minimum Gasteiger partial charge on any atom is -0.497 e. The maximum absolute atomic E-state index is 12.2. The molecule has 1 aliphatic rings. The molecule has 1 unspecified atom stereocenters. The molecule has 0 radical (unpaired) electrons. The summed E-state index contributed by atoms with van der Waals surface area (Å²) in [6.07, 6.45) is 3.61. The van der Waals surface area contributed by atoms with Crippen LogP contribution in [-0.2, 0) is 4.79 Å². The maximum Gasteiger partial charge on any atom is 0.224 e. The molecular formula is C16H20N2O2. The van der Waals surface area contributed by atoms with Crippen LogP contribution < -0.4 is 4.74 Å². The van der Waals surface area contributed by atoms with Gasteiger partial charge in [-0.05, 0) is 37.0 Å². The number of ether oxygens (including phenoxy) is 1. The van der Waals surface area contributed by atoms with Gasteiger partial charge in [-0.15, -0.1) is 0 Å². The first-order valence-corrected chi connectivity index (χ1v) is 7.06. The number of amides is 1. The van der Waals surface area contributed by atoms with Crippen molar-refractivity contribution in [2.45, 2.75) is 31.6 Å². The normalized spacial score (nSPS) is 16.3. The molecule has 1 heterocycles. The summed E-state index contributed by atoms with van der Waals surface area (Å²) in [6.45, 7) is 1.67. The summed E-state index contributed by atoms with van der Waals surface area (Å²) >= 11 is 0. The number of likely N-dealkylation sites (tertiary alicyclic amines) is 1. The molecule has 0 aliphatic carbocycles. The van der Waals surface area contributed by atoms with Crippen LogP contribution in [0.5, 0.6) is 5.75 Å². The highest BCUT2D eigenvalue weighted by Gasteiger charge is 2.21. The van der Waals surface area contributed by atoms with Crippen LogP contribution >= 0.6 is 0 Å². The van der Waals surface area contributed by atoms with Crippen molar-refractivity contribution in [1.82, 2.24) is 4.90 Å². The van der Waals surface area contributed by atoms with E-state index >= 15 is 0 Å². The number of piperidine rings is 1. The number of rotatable bonds is 4. The Balaban J connectivity index is 2.00. The van der Waals surface area contributed by atoms with Crippen LogP contribution in [0.1, 0.15) is 37.2 Å². The Morgan fingerprint density at radius 2 is 1.95 bits per heavy atom. The molecule has 1 aromatic carbocycles. The lowest BCUT2D eigenvalue weighted by Crippen LogP contribution is -2.36. The van der Waals surface area contributed by atoms with Gasteiger partial charge < -0.3 is 9.64 Å². The molecule has 0 bridgehead atoms. The summed E-state index contributed by atoms with van der Waals surface area (Å²) in [5.74, 6) is 0.468. The molecule has 1 aliphatic heterocycles. The summed E-state index contributed by atoms with van der Waals surface area (Å²) in [5.41, 5.74) is 0.874. The zero-order valence-electron chi connectivity index (χ0n) is 11.8. The van der Waals surface area contributed by atoms with Crippen LogP contribution in [0.4, 0.5) is 0 Å². The zero-order chi connectivity index (χ0) is 14.4. The summed E-state index contributed by atoms with van der Waals surface area (Å²) in [7, 11) is 1.61. The lowest BCUT2D eigenvalue weighted by atomic mass is 9.96. The van der Waals surface area contributed by atoms with E-state index in [0.717, 1.165) is 37.2 Å². The van der Waals surface area contributed by atoms with Crippen LogP contribution in [0, 0.1) is 11.3 Å². The van der Waals surface area contributed by atoms with E-state index in [-0.39, 0.29) is 18.2 Å². The van der Waals surface area contributed by atoms with E-state index in [2.05, 4.69) is 6.07 Å². The summed E-state index contributed by atoms with van der Waals surface area (Å²) in [6, 6.07) is 9.60. The predicted molar refractivity (Wildman–Crippen MR) is 76.4 cm³/mol. The highest BCUT2D eigenvalue weighted by molar-refractivity contribution is 5.77. The maximum atomic E-state index is 12.2. The number of benzene rings is 1. The Morgan fingerprint density at radius 1 is 1.30 bits per heavy atom. The molecule has 4 nitrogen and oxygen atoms in total. The Labute approximate surface area is 120 Å². The Hall–Kier alpha value is -2.02. The molecule has 0 aromatic heterocycles. The minimum atomic E-state index is -0.379. The monoisotopic (exact) mass is 272 g/mol. The van der Waals surface area contributed by atoms with Gasteiger partial charge in [0.05, 0.1) is 19.1 Å². The molecule has 0 spiro atoms. The van der Waals surface area contributed by atoms with Gasteiger partial charge in [0.2, 0.25) is 5.91 Å². The molecule has 1 atom stereocenters. The van der Waals surface area contributed by atoms with Crippen molar-refractivity contribution in [3.8, 4) is 11.8 Å². The van der Waals surface area contributed by atoms with Gasteiger partial charge in [-0.1, -0.05) is 12.1 Å². The van der Waals surface area contributed by atoms with Crippen molar-refractivity contribution in [1.29, 1.82) is 5.26 Å². The van der Waals surface area contributed by atoms with E-state index in [1.807, 2.05) is 29.2 Å². The van der Waals surface area contributed by atoms with Gasteiger partial charge >= 0.3 is 0 Å². The molecule has 1 saturated heterocycles. The summed E-state index contributed by atoms with van der Waals surface area (Å²) in [4.78, 5) is 14.1. The van der Waals surface area contributed by atoms with Crippen molar-refractivity contribution >= 4 is 5.91 Å². The van der Waals surface area contributed by atoms with Crippen LogP contribution in [0.3, 0.4) is 0 Å². The molecule has 1 fully saturated rings. The van der Waals surface area contributed by atoms with Crippen molar-refractivity contribution in [3.05, 3.63) is 29.8 Å². The van der Waals surface area contributed by atoms with Crippen LogP contribution in [0.2, 0.25) is 0 Å². The fourth-order valence-electron chi connectivity index (χ4n) is 2.52. The first-order chi connectivity index (χ1) is 9.74. The lowest BCUT2D eigenvalue weighted by molar-refractivity contribution is -0.132. The van der Waals surface area contributed by atoms with E-state index in [9.17, 15) is 10.1 Å². The number of nitrogens with zero attached hydrogens (tertiary/aromatic N) is 2. The molecule has 1 aromatic rings. The van der Waals surface area contributed by atoms with E-state index < -0.39 is 0 Å². The molecule has 20 heavy (non-hydrogen) atoms. The van der Waals surface area contributed by atoms with Gasteiger partial charge in [-0.3, -0.25) is 4.79 Å². The second kappa shape index (κ2) is 6.95. The molecule has 4 heteroatoms. The average molecular weight is 272 g/mol. The van der Waals surface area contributed by atoms with Crippen molar-refractivity contribution in [3.63, 3.8) is 0 Å². The van der Waals surface area contributed by atoms with Crippen molar-refractivity contribution in [2.75, 3.05) is 20.2 Å². The third kappa shape index (κ3) is 3.51. The van der Waals surface area contributed by atoms with Crippen molar-refractivity contribution < 1.29 is 9.53 Å². The van der Waals surface area contributed by atoms with E-state index in [1.54, 1.807) is 7.11 Å². The molecular weight excluding hydrogens is 252 g/mol. The van der Waals surface area contributed by atoms with Crippen LogP contribution in [-0.4, -0.2) is 31.0 Å². The predicted octanol–water partition coefficient (Wildman–Crippen LogP) is 2.70. The topological polar surface area (TPSA) is 53.3 Å². The standard InChI is InChI=1S/C16H20N2O2/c1-20-15-7-5-13(6-8-15)14(12-17)11-16(19)18-9-3-2-4-10-18/h5-8,14H,2-4,9-11H2,1H3. The SMILES string of the molecule is COc1ccc(C(C#N)CC(=O)N2CCCCC2)cc1. The number of hydrogen-bond donors (Lipinski definition) is 0. The largest absolute Gasteiger partial charge is 0.497 e. The van der Waals surface area contributed by atoms with Crippen LogP contribution in [0.15, 0.2) is 24.3 Å². The van der Waals surface area contributed by atoms with E-state index in [4.69, 9.17) is 4.74 Å². The fourth-order valence-corrected chi connectivity index (χ4v) is 2.52. The van der Waals surface area contributed by atoms with Gasteiger partial charge in [0, 0.05) is 19.5 Å². The molecule has 106 valence electrons. The summed E-state index contributed by atoms with van der Waals surface area (Å²) < 4.78 is 5.10. The van der Waals surface area contributed by atoms with Gasteiger partial charge in [-0.2, -0.15) is 5.26 Å². The average Bonchev–Trinajstić information content (AvgIpc) is 2.53. The van der Waals surface area contributed by atoms with Gasteiger partial charge in [0.25, 0.3) is 0 Å².